The van der Waals surface area contributed by atoms with Crippen LogP contribution in [0.15, 0.2) is 0 Å². The minimum absolute atomic E-state index is 0.00764. The molecule has 0 bridgehead atoms. The van der Waals surface area contributed by atoms with Gasteiger partial charge in [-0.15, -0.1) is 0 Å². The second-order valence-corrected chi connectivity index (χ2v) is 3.42. The van der Waals surface area contributed by atoms with Crippen molar-refractivity contribution in [2.45, 2.75) is 25.2 Å². The smallest absolute Gasteiger partial charge is 0.327 e. The molecule has 1 heterocycles. The third-order valence-electron chi connectivity index (χ3n) is 1.81. The Hall–Kier alpha value is 0.230. The van der Waals surface area contributed by atoms with Crippen molar-refractivity contribution in [3.05, 3.63) is 0 Å². The summed E-state index contributed by atoms with van der Waals surface area (Å²) in [5.41, 5.74) is 0. The van der Waals surface area contributed by atoms with Crippen LogP contribution in [0.3, 0.4) is 0 Å². The van der Waals surface area contributed by atoms with E-state index in [-0.39, 0.29) is 18.9 Å². The standard InChI is InChI=1S/C6H14NO4P/c1-7-6-3-2-5(11-6)4-10-12(8)9/h5-9H,2-4H2,1H3/t5-,6+/m0/s1. The fourth-order valence-corrected chi connectivity index (χ4v) is 1.49. The van der Waals surface area contributed by atoms with Gasteiger partial charge >= 0.3 is 8.60 Å². The summed E-state index contributed by atoms with van der Waals surface area (Å²) in [6, 6.07) is 0. The molecule has 2 atom stereocenters. The summed E-state index contributed by atoms with van der Waals surface area (Å²) in [6.45, 7) is 0.261. The molecule has 1 aliphatic rings. The average Bonchev–Trinajstić information content (AvgIpc) is 2.48. The van der Waals surface area contributed by atoms with E-state index in [4.69, 9.17) is 14.5 Å². The fraction of sp³-hybridized carbons (Fsp3) is 1.00. The molecule has 5 nitrogen and oxygen atoms in total. The summed E-state index contributed by atoms with van der Waals surface area (Å²) in [5, 5.41) is 2.98. The van der Waals surface area contributed by atoms with Crippen molar-refractivity contribution in [1.29, 1.82) is 0 Å². The Bertz CT molecular complexity index is 135. The minimum atomic E-state index is -2.24. The lowest BCUT2D eigenvalue weighted by molar-refractivity contribution is 0.00398. The molecule has 1 aliphatic heterocycles. The molecule has 0 spiro atoms. The van der Waals surface area contributed by atoms with Crippen LogP contribution < -0.4 is 5.32 Å². The van der Waals surface area contributed by atoms with Crippen LogP contribution in [-0.2, 0) is 9.26 Å². The highest BCUT2D eigenvalue weighted by Crippen LogP contribution is 2.27. The van der Waals surface area contributed by atoms with E-state index in [9.17, 15) is 0 Å². The fourth-order valence-electron chi connectivity index (χ4n) is 1.19. The largest absolute Gasteiger partial charge is 0.358 e. The van der Waals surface area contributed by atoms with Crippen LogP contribution in [-0.4, -0.2) is 35.8 Å². The van der Waals surface area contributed by atoms with Crippen molar-refractivity contribution < 1.29 is 19.0 Å². The lowest BCUT2D eigenvalue weighted by atomic mass is 10.2. The van der Waals surface area contributed by atoms with E-state index in [1.807, 2.05) is 7.05 Å². The van der Waals surface area contributed by atoms with Gasteiger partial charge in [-0.25, -0.2) is 0 Å². The molecule has 1 fully saturated rings. The molecule has 0 saturated carbocycles. The molecule has 3 N–H and O–H groups in total. The number of ether oxygens (including phenoxy) is 1. The van der Waals surface area contributed by atoms with Crippen LogP contribution in [0.25, 0.3) is 0 Å². The Morgan fingerprint density at radius 3 is 2.83 bits per heavy atom. The van der Waals surface area contributed by atoms with Crippen LogP contribution in [0, 0.1) is 0 Å². The van der Waals surface area contributed by atoms with E-state index in [2.05, 4.69) is 9.84 Å². The van der Waals surface area contributed by atoms with Gasteiger partial charge in [0.2, 0.25) is 0 Å². The lowest BCUT2D eigenvalue weighted by Crippen LogP contribution is -2.26. The van der Waals surface area contributed by atoms with E-state index in [1.54, 1.807) is 0 Å². The molecule has 0 aromatic heterocycles. The summed E-state index contributed by atoms with van der Waals surface area (Å²) < 4.78 is 10.1. The van der Waals surface area contributed by atoms with Crippen molar-refractivity contribution in [3.8, 4) is 0 Å². The van der Waals surface area contributed by atoms with E-state index in [0.717, 1.165) is 12.8 Å². The van der Waals surface area contributed by atoms with Crippen LogP contribution in [0.4, 0.5) is 0 Å². The van der Waals surface area contributed by atoms with Gasteiger partial charge in [-0.1, -0.05) is 0 Å². The van der Waals surface area contributed by atoms with E-state index in [0.29, 0.717) is 0 Å². The Kier molecular flexibility index (Phi) is 4.35. The second kappa shape index (κ2) is 5.07. The molecular formula is C6H14NO4P. The monoisotopic (exact) mass is 195 g/mol. The molecule has 0 unspecified atom stereocenters. The lowest BCUT2D eigenvalue weighted by Gasteiger charge is -2.12. The van der Waals surface area contributed by atoms with Crippen molar-refractivity contribution in [3.63, 3.8) is 0 Å². The van der Waals surface area contributed by atoms with Crippen LogP contribution >= 0.6 is 8.60 Å². The van der Waals surface area contributed by atoms with Gasteiger partial charge in [-0.2, -0.15) is 0 Å². The molecule has 0 aromatic carbocycles. The first-order valence-corrected chi connectivity index (χ1v) is 5.02. The first kappa shape index (κ1) is 10.3. The van der Waals surface area contributed by atoms with Crippen molar-refractivity contribution in [1.82, 2.24) is 5.32 Å². The van der Waals surface area contributed by atoms with Crippen molar-refractivity contribution in [2.24, 2.45) is 0 Å². The van der Waals surface area contributed by atoms with Gasteiger partial charge < -0.3 is 19.0 Å². The molecule has 0 amide bonds. The van der Waals surface area contributed by atoms with Gasteiger partial charge in [0, 0.05) is 0 Å². The number of hydrogen-bond acceptors (Lipinski definition) is 5. The van der Waals surface area contributed by atoms with E-state index in [1.165, 1.54) is 0 Å². The van der Waals surface area contributed by atoms with E-state index >= 15 is 0 Å². The zero-order valence-electron chi connectivity index (χ0n) is 6.93. The van der Waals surface area contributed by atoms with Gasteiger partial charge in [0.25, 0.3) is 0 Å². The maximum atomic E-state index is 8.46. The SMILES string of the molecule is CN[C@H]1CC[C@@H](COP(O)O)O1. The van der Waals surface area contributed by atoms with Gasteiger partial charge in [0.05, 0.1) is 12.7 Å². The van der Waals surface area contributed by atoms with Crippen LogP contribution in [0.5, 0.6) is 0 Å². The quantitative estimate of drug-likeness (QED) is 0.548. The van der Waals surface area contributed by atoms with Crippen LogP contribution in [0.1, 0.15) is 12.8 Å². The number of nitrogens with one attached hydrogen (secondary N) is 1. The third-order valence-corrected chi connectivity index (χ3v) is 2.19. The summed E-state index contributed by atoms with van der Waals surface area (Å²) >= 11 is 0. The summed E-state index contributed by atoms with van der Waals surface area (Å²) in [7, 11) is -0.403. The van der Waals surface area contributed by atoms with E-state index < -0.39 is 8.60 Å². The van der Waals surface area contributed by atoms with Crippen molar-refractivity contribution in [2.75, 3.05) is 13.7 Å². The van der Waals surface area contributed by atoms with Crippen molar-refractivity contribution >= 4 is 8.60 Å². The molecule has 0 aromatic rings. The summed E-state index contributed by atoms with van der Waals surface area (Å²) in [6.07, 6.45) is 1.92. The predicted octanol–water partition coefficient (Wildman–Crippen LogP) is -0.0610. The number of hydrogen-bond donors (Lipinski definition) is 3. The molecule has 12 heavy (non-hydrogen) atoms. The first-order valence-electron chi connectivity index (χ1n) is 3.86. The highest BCUT2D eigenvalue weighted by molar-refractivity contribution is 7.39. The molecule has 0 aliphatic carbocycles. The van der Waals surface area contributed by atoms with Gasteiger partial charge in [0.1, 0.15) is 6.23 Å². The maximum Gasteiger partial charge on any atom is 0.327 e. The topological polar surface area (TPSA) is 71.0 Å². The predicted molar refractivity (Wildman–Crippen MR) is 44.3 cm³/mol. The molecule has 6 heteroatoms. The summed E-state index contributed by atoms with van der Waals surface area (Å²) in [5.74, 6) is 0. The Morgan fingerprint density at radius 1 is 1.58 bits per heavy atom. The maximum absolute atomic E-state index is 8.46. The summed E-state index contributed by atoms with van der Waals surface area (Å²) in [4.78, 5) is 16.9. The molecule has 0 radical (unpaired) electrons. The molecule has 1 rings (SSSR count). The third kappa shape index (κ3) is 3.31. The average molecular weight is 195 g/mol. The molecule has 1 saturated heterocycles. The van der Waals surface area contributed by atoms with Gasteiger partial charge in [-0.05, 0) is 19.9 Å². The Labute approximate surface area is 72.7 Å². The highest BCUT2D eigenvalue weighted by Gasteiger charge is 2.24. The zero-order chi connectivity index (χ0) is 8.97. The normalized spacial score (nSPS) is 30.0. The zero-order valence-corrected chi connectivity index (χ0v) is 7.83. The number of rotatable bonds is 4. The highest BCUT2D eigenvalue weighted by atomic mass is 31.2. The van der Waals surface area contributed by atoms with Gasteiger partial charge in [0.15, 0.2) is 0 Å². The van der Waals surface area contributed by atoms with Crippen LogP contribution in [0.2, 0.25) is 0 Å². The molecular weight excluding hydrogens is 181 g/mol. The first-order chi connectivity index (χ1) is 5.72. The minimum Gasteiger partial charge on any atom is -0.358 e. The second-order valence-electron chi connectivity index (χ2n) is 2.66. The van der Waals surface area contributed by atoms with Gasteiger partial charge in [-0.3, -0.25) is 5.32 Å². The molecule has 72 valence electrons. The Balaban J connectivity index is 2.11. The Morgan fingerprint density at radius 2 is 2.33 bits per heavy atom.